The number of anilines is 1. The fourth-order valence-corrected chi connectivity index (χ4v) is 2.88. The van der Waals surface area contributed by atoms with Crippen LogP contribution in [-0.2, 0) is 16.0 Å². The highest BCUT2D eigenvalue weighted by molar-refractivity contribution is 5.77. The standard InChI is InChI=1S/C21H26N2O3/c1-17-2-8-20(9-3-17)26-16-21(24)22-11-10-18-4-6-19(7-5-18)23-12-14-25-15-13-23/h2-9H,10-16H2,1H3,(H,22,24). The van der Waals surface area contributed by atoms with Crippen molar-refractivity contribution in [2.45, 2.75) is 13.3 Å². The highest BCUT2D eigenvalue weighted by Crippen LogP contribution is 2.16. The highest BCUT2D eigenvalue weighted by atomic mass is 16.5. The smallest absolute Gasteiger partial charge is 0.257 e. The molecule has 0 unspecified atom stereocenters. The third-order valence-electron chi connectivity index (χ3n) is 4.44. The first-order valence-electron chi connectivity index (χ1n) is 9.08. The predicted octanol–water partition coefficient (Wildman–Crippen LogP) is 2.57. The highest BCUT2D eigenvalue weighted by Gasteiger charge is 2.10. The summed E-state index contributed by atoms with van der Waals surface area (Å²) >= 11 is 0. The monoisotopic (exact) mass is 354 g/mol. The number of amides is 1. The van der Waals surface area contributed by atoms with E-state index in [0.29, 0.717) is 12.3 Å². The zero-order valence-corrected chi connectivity index (χ0v) is 15.2. The van der Waals surface area contributed by atoms with E-state index in [9.17, 15) is 4.79 Å². The van der Waals surface area contributed by atoms with Gasteiger partial charge in [0.05, 0.1) is 13.2 Å². The Kier molecular flexibility index (Phi) is 6.50. The maximum atomic E-state index is 11.9. The van der Waals surface area contributed by atoms with Crippen molar-refractivity contribution in [1.82, 2.24) is 5.32 Å². The zero-order valence-electron chi connectivity index (χ0n) is 15.2. The molecule has 0 radical (unpaired) electrons. The van der Waals surface area contributed by atoms with Gasteiger partial charge in [-0.05, 0) is 43.2 Å². The van der Waals surface area contributed by atoms with E-state index >= 15 is 0 Å². The van der Waals surface area contributed by atoms with Crippen molar-refractivity contribution in [3.05, 3.63) is 59.7 Å². The number of benzene rings is 2. The normalized spacial score (nSPS) is 14.1. The first kappa shape index (κ1) is 18.3. The Morgan fingerprint density at radius 1 is 1.08 bits per heavy atom. The number of hydrogen-bond acceptors (Lipinski definition) is 4. The fourth-order valence-electron chi connectivity index (χ4n) is 2.88. The van der Waals surface area contributed by atoms with Crippen LogP contribution in [-0.4, -0.2) is 45.4 Å². The van der Waals surface area contributed by atoms with Crippen LogP contribution >= 0.6 is 0 Å². The van der Waals surface area contributed by atoms with Gasteiger partial charge >= 0.3 is 0 Å². The average Bonchev–Trinajstić information content (AvgIpc) is 2.69. The first-order valence-corrected chi connectivity index (χ1v) is 9.08. The molecule has 2 aromatic carbocycles. The minimum Gasteiger partial charge on any atom is -0.484 e. The van der Waals surface area contributed by atoms with Crippen molar-refractivity contribution < 1.29 is 14.3 Å². The lowest BCUT2D eigenvalue weighted by Gasteiger charge is -2.28. The third kappa shape index (κ3) is 5.49. The van der Waals surface area contributed by atoms with Crippen molar-refractivity contribution in [3.63, 3.8) is 0 Å². The minimum atomic E-state index is -0.101. The maximum Gasteiger partial charge on any atom is 0.257 e. The van der Waals surface area contributed by atoms with Crippen LogP contribution in [0.4, 0.5) is 5.69 Å². The Hall–Kier alpha value is -2.53. The molecule has 1 heterocycles. The summed E-state index contributed by atoms with van der Waals surface area (Å²) < 4.78 is 10.9. The number of hydrogen-bond donors (Lipinski definition) is 1. The molecular weight excluding hydrogens is 328 g/mol. The van der Waals surface area contributed by atoms with Crippen LogP contribution in [0.2, 0.25) is 0 Å². The Bertz CT molecular complexity index is 692. The van der Waals surface area contributed by atoms with Gasteiger partial charge in [-0.2, -0.15) is 0 Å². The fraction of sp³-hybridized carbons (Fsp3) is 0.381. The largest absolute Gasteiger partial charge is 0.484 e. The van der Waals surface area contributed by atoms with Gasteiger partial charge < -0.3 is 19.7 Å². The van der Waals surface area contributed by atoms with Crippen molar-refractivity contribution >= 4 is 11.6 Å². The second-order valence-electron chi connectivity index (χ2n) is 6.47. The van der Waals surface area contributed by atoms with Gasteiger partial charge in [0.15, 0.2) is 6.61 Å². The zero-order chi connectivity index (χ0) is 18.2. The van der Waals surface area contributed by atoms with Crippen LogP contribution in [0, 0.1) is 6.92 Å². The predicted molar refractivity (Wildman–Crippen MR) is 103 cm³/mol. The second kappa shape index (κ2) is 9.25. The number of carbonyl (C=O) groups excluding carboxylic acids is 1. The Labute approximate surface area is 154 Å². The number of ether oxygens (including phenoxy) is 2. The van der Waals surface area contributed by atoms with E-state index in [1.165, 1.54) is 16.8 Å². The van der Waals surface area contributed by atoms with E-state index in [1.54, 1.807) is 0 Å². The van der Waals surface area contributed by atoms with Gasteiger partial charge in [-0.25, -0.2) is 0 Å². The average molecular weight is 354 g/mol. The lowest BCUT2D eigenvalue weighted by molar-refractivity contribution is -0.123. The topological polar surface area (TPSA) is 50.8 Å². The van der Waals surface area contributed by atoms with E-state index in [1.807, 2.05) is 31.2 Å². The van der Waals surface area contributed by atoms with Gasteiger partial charge in [-0.15, -0.1) is 0 Å². The number of carbonyl (C=O) groups is 1. The maximum absolute atomic E-state index is 11.9. The second-order valence-corrected chi connectivity index (χ2v) is 6.47. The molecule has 0 bridgehead atoms. The summed E-state index contributed by atoms with van der Waals surface area (Å²) in [6.45, 7) is 6.12. The van der Waals surface area contributed by atoms with Crippen molar-refractivity contribution in [2.75, 3.05) is 44.4 Å². The van der Waals surface area contributed by atoms with Crippen molar-refractivity contribution in [1.29, 1.82) is 0 Å². The lowest BCUT2D eigenvalue weighted by Crippen LogP contribution is -2.36. The van der Waals surface area contributed by atoms with Gasteiger partial charge in [-0.1, -0.05) is 29.8 Å². The summed E-state index contributed by atoms with van der Waals surface area (Å²) in [6, 6.07) is 16.2. The van der Waals surface area contributed by atoms with E-state index < -0.39 is 0 Å². The SMILES string of the molecule is Cc1ccc(OCC(=O)NCCc2ccc(N3CCOCC3)cc2)cc1. The van der Waals surface area contributed by atoms with Crippen LogP contribution in [0.1, 0.15) is 11.1 Å². The summed E-state index contributed by atoms with van der Waals surface area (Å²) in [7, 11) is 0. The van der Waals surface area contributed by atoms with Gasteiger partial charge in [0.25, 0.3) is 5.91 Å². The summed E-state index contributed by atoms with van der Waals surface area (Å²) in [5, 5.41) is 2.90. The number of nitrogens with zero attached hydrogens (tertiary/aromatic N) is 1. The van der Waals surface area contributed by atoms with Crippen molar-refractivity contribution in [2.24, 2.45) is 0 Å². The van der Waals surface area contributed by atoms with E-state index in [-0.39, 0.29) is 12.5 Å². The number of nitrogens with one attached hydrogen (secondary N) is 1. The molecule has 26 heavy (non-hydrogen) atoms. The Balaban J connectivity index is 1.37. The quantitative estimate of drug-likeness (QED) is 0.830. The number of rotatable bonds is 7. The molecular formula is C21H26N2O3. The van der Waals surface area contributed by atoms with E-state index in [2.05, 4.69) is 34.5 Å². The third-order valence-corrected chi connectivity index (χ3v) is 4.44. The molecule has 5 nitrogen and oxygen atoms in total. The molecule has 1 aliphatic rings. The van der Waals surface area contributed by atoms with Gasteiger partial charge in [0.2, 0.25) is 0 Å². The molecule has 0 aromatic heterocycles. The van der Waals surface area contributed by atoms with Crippen LogP contribution in [0.15, 0.2) is 48.5 Å². The summed E-state index contributed by atoms with van der Waals surface area (Å²) in [6.07, 6.45) is 0.805. The molecule has 1 saturated heterocycles. The van der Waals surface area contributed by atoms with Crippen LogP contribution in [0.25, 0.3) is 0 Å². The van der Waals surface area contributed by atoms with Gasteiger partial charge in [0, 0.05) is 25.3 Å². The molecule has 1 amide bonds. The summed E-state index contributed by atoms with van der Waals surface area (Å²) in [4.78, 5) is 14.2. The molecule has 0 saturated carbocycles. The summed E-state index contributed by atoms with van der Waals surface area (Å²) in [5.41, 5.74) is 3.61. The molecule has 2 aromatic rings. The Morgan fingerprint density at radius 3 is 2.46 bits per heavy atom. The first-order chi connectivity index (χ1) is 12.7. The minimum absolute atomic E-state index is 0.0407. The van der Waals surface area contributed by atoms with Crippen LogP contribution < -0.4 is 15.0 Å². The molecule has 0 aliphatic carbocycles. The molecule has 3 rings (SSSR count). The van der Waals surface area contributed by atoms with E-state index in [4.69, 9.17) is 9.47 Å². The Morgan fingerprint density at radius 2 is 1.77 bits per heavy atom. The van der Waals surface area contributed by atoms with Gasteiger partial charge in [0.1, 0.15) is 5.75 Å². The van der Waals surface area contributed by atoms with Crippen LogP contribution in [0.5, 0.6) is 5.75 Å². The molecule has 5 heteroatoms. The number of morpholine rings is 1. The molecule has 1 N–H and O–H groups in total. The van der Waals surface area contributed by atoms with Crippen molar-refractivity contribution in [3.8, 4) is 5.75 Å². The van der Waals surface area contributed by atoms with Crippen LogP contribution in [0.3, 0.4) is 0 Å². The molecule has 0 spiro atoms. The number of aryl methyl sites for hydroxylation is 1. The van der Waals surface area contributed by atoms with Gasteiger partial charge in [-0.3, -0.25) is 4.79 Å². The summed E-state index contributed by atoms with van der Waals surface area (Å²) in [5.74, 6) is 0.611. The molecule has 1 aliphatic heterocycles. The molecule has 138 valence electrons. The van der Waals surface area contributed by atoms with E-state index in [0.717, 1.165) is 32.7 Å². The molecule has 0 atom stereocenters. The molecule has 1 fully saturated rings. The lowest BCUT2D eigenvalue weighted by atomic mass is 10.1.